The maximum absolute atomic E-state index is 5.42. The molecule has 0 amide bonds. The van der Waals surface area contributed by atoms with Crippen LogP contribution >= 0.6 is 11.8 Å². The Balaban J connectivity index is 1.70. The van der Waals surface area contributed by atoms with Gasteiger partial charge in [0.1, 0.15) is 0 Å². The normalized spacial score (nSPS) is 30.4. The number of rotatable bonds is 2. The van der Waals surface area contributed by atoms with Gasteiger partial charge in [-0.1, -0.05) is 18.0 Å². The first kappa shape index (κ1) is 11.5. The number of thioether (sulfide) groups is 1. The molecule has 1 N–H and O–H groups in total. The minimum absolute atomic E-state index is 0.307. The van der Waals surface area contributed by atoms with Crippen LogP contribution in [0.25, 0.3) is 0 Å². The smallest absolute Gasteiger partial charge is 0.239 e. The molecule has 3 heterocycles. The van der Waals surface area contributed by atoms with Crippen LogP contribution in [0.1, 0.15) is 61.5 Å². The largest absolute Gasteiger partial charge is 0.338 e. The van der Waals surface area contributed by atoms with Gasteiger partial charge in [0, 0.05) is 0 Å². The summed E-state index contributed by atoms with van der Waals surface area (Å²) < 4.78 is 5.42. The molecule has 1 aromatic heterocycles. The molecule has 3 rings (SSSR count). The average molecular weight is 253 g/mol. The van der Waals surface area contributed by atoms with Gasteiger partial charge in [0.15, 0.2) is 5.82 Å². The maximum atomic E-state index is 5.42. The fourth-order valence-electron chi connectivity index (χ4n) is 2.54. The quantitative estimate of drug-likeness (QED) is 0.878. The minimum Gasteiger partial charge on any atom is -0.338 e. The molecule has 0 radical (unpaired) electrons. The molecule has 2 saturated heterocycles. The highest BCUT2D eigenvalue weighted by molar-refractivity contribution is 7.99. The molecule has 0 aromatic carbocycles. The molecule has 17 heavy (non-hydrogen) atoms. The van der Waals surface area contributed by atoms with Crippen LogP contribution in [0.5, 0.6) is 0 Å². The second-order valence-corrected chi connectivity index (χ2v) is 6.16. The van der Waals surface area contributed by atoms with E-state index in [9.17, 15) is 0 Å². The maximum Gasteiger partial charge on any atom is 0.239 e. The summed E-state index contributed by atoms with van der Waals surface area (Å²) in [6, 6.07) is 0.307. The summed E-state index contributed by atoms with van der Waals surface area (Å²) in [6.45, 7) is 1.08. The molecule has 5 heteroatoms. The van der Waals surface area contributed by atoms with Crippen LogP contribution in [-0.4, -0.2) is 22.4 Å². The molecule has 2 aliphatic rings. The van der Waals surface area contributed by atoms with Gasteiger partial charge >= 0.3 is 0 Å². The van der Waals surface area contributed by atoms with Crippen LogP contribution in [0.2, 0.25) is 0 Å². The molecular weight excluding hydrogens is 234 g/mol. The van der Waals surface area contributed by atoms with Crippen LogP contribution in [0.15, 0.2) is 4.52 Å². The van der Waals surface area contributed by atoms with Crippen molar-refractivity contribution in [1.82, 2.24) is 15.5 Å². The molecule has 94 valence electrons. The summed E-state index contributed by atoms with van der Waals surface area (Å²) in [5, 5.41) is 8.12. The molecular formula is C12H19N3OS. The average Bonchev–Trinajstić information content (AvgIpc) is 2.95. The fourth-order valence-corrected chi connectivity index (χ4v) is 3.73. The van der Waals surface area contributed by atoms with Gasteiger partial charge in [-0.2, -0.15) is 4.98 Å². The molecule has 1 aromatic rings. The van der Waals surface area contributed by atoms with E-state index in [1.54, 1.807) is 0 Å². The van der Waals surface area contributed by atoms with Gasteiger partial charge in [-0.3, -0.25) is 0 Å². The van der Waals surface area contributed by atoms with Crippen molar-refractivity contribution in [3.05, 3.63) is 11.7 Å². The van der Waals surface area contributed by atoms with E-state index >= 15 is 0 Å². The molecule has 2 unspecified atom stereocenters. The second-order valence-electron chi connectivity index (χ2n) is 4.85. The summed E-state index contributed by atoms with van der Waals surface area (Å²) >= 11 is 1.94. The van der Waals surface area contributed by atoms with Crippen LogP contribution in [0, 0.1) is 0 Å². The summed E-state index contributed by atoms with van der Waals surface area (Å²) in [4.78, 5) is 4.60. The van der Waals surface area contributed by atoms with Gasteiger partial charge in [-0.05, 0) is 38.0 Å². The van der Waals surface area contributed by atoms with E-state index in [-0.39, 0.29) is 0 Å². The van der Waals surface area contributed by atoms with Crippen molar-refractivity contribution < 1.29 is 4.52 Å². The molecule has 0 bridgehead atoms. The Bertz CT molecular complexity index is 354. The zero-order valence-electron chi connectivity index (χ0n) is 10.0. The highest BCUT2D eigenvalue weighted by Gasteiger charge is 2.26. The van der Waals surface area contributed by atoms with Gasteiger partial charge < -0.3 is 9.84 Å². The lowest BCUT2D eigenvalue weighted by atomic mass is 10.1. The summed E-state index contributed by atoms with van der Waals surface area (Å²) in [7, 11) is 0. The lowest BCUT2D eigenvalue weighted by Crippen LogP contribution is -2.21. The number of nitrogens with zero attached hydrogens (tertiary/aromatic N) is 2. The Kier molecular flexibility index (Phi) is 3.66. The van der Waals surface area contributed by atoms with Gasteiger partial charge in [0.05, 0.1) is 11.3 Å². The van der Waals surface area contributed by atoms with E-state index < -0.39 is 0 Å². The number of hydrogen-bond acceptors (Lipinski definition) is 5. The third kappa shape index (κ3) is 2.65. The van der Waals surface area contributed by atoms with E-state index in [2.05, 4.69) is 15.5 Å². The van der Waals surface area contributed by atoms with Gasteiger partial charge in [0.25, 0.3) is 0 Å². The molecule has 0 spiro atoms. The Labute approximate surface area is 106 Å². The first-order valence-electron chi connectivity index (χ1n) is 6.62. The topological polar surface area (TPSA) is 51.0 Å². The van der Waals surface area contributed by atoms with Crippen molar-refractivity contribution in [2.24, 2.45) is 0 Å². The van der Waals surface area contributed by atoms with Gasteiger partial charge in [-0.25, -0.2) is 0 Å². The highest BCUT2D eigenvalue weighted by atomic mass is 32.2. The molecule has 0 saturated carbocycles. The predicted molar refractivity (Wildman–Crippen MR) is 67.9 cm³/mol. The molecule has 2 atom stereocenters. The Hall–Kier alpha value is -0.550. The van der Waals surface area contributed by atoms with Crippen molar-refractivity contribution in [3.63, 3.8) is 0 Å². The zero-order chi connectivity index (χ0) is 11.5. The SMILES string of the molecule is C1CCNC(c2noc(C3CCCS3)n2)CC1. The lowest BCUT2D eigenvalue weighted by Gasteiger charge is -2.10. The lowest BCUT2D eigenvalue weighted by molar-refractivity contribution is 0.361. The van der Waals surface area contributed by atoms with Crippen molar-refractivity contribution >= 4 is 11.8 Å². The first-order valence-corrected chi connectivity index (χ1v) is 7.67. The van der Waals surface area contributed by atoms with E-state index in [1.807, 2.05) is 11.8 Å². The van der Waals surface area contributed by atoms with Crippen molar-refractivity contribution in [1.29, 1.82) is 0 Å². The zero-order valence-corrected chi connectivity index (χ0v) is 10.8. The highest BCUT2D eigenvalue weighted by Crippen LogP contribution is 2.39. The van der Waals surface area contributed by atoms with E-state index in [0.717, 1.165) is 24.7 Å². The van der Waals surface area contributed by atoms with Crippen molar-refractivity contribution in [3.8, 4) is 0 Å². The van der Waals surface area contributed by atoms with E-state index in [4.69, 9.17) is 4.52 Å². The fraction of sp³-hybridized carbons (Fsp3) is 0.833. The Morgan fingerprint density at radius 3 is 3.06 bits per heavy atom. The van der Waals surface area contributed by atoms with E-state index in [0.29, 0.717) is 11.3 Å². The van der Waals surface area contributed by atoms with Crippen LogP contribution in [0.3, 0.4) is 0 Å². The molecule has 4 nitrogen and oxygen atoms in total. The third-order valence-corrected chi connectivity index (χ3v) is 4.90. The number of nitrogens with one attached hydrogen (secondary N) is 1. The third-order valence-electron chi connectivity index (χ3n) is 3.53. The Morgan fingerprint density at radius 1 is 1.18 bits per heavy atom. The van der Waals surface area contributed by atoms with E-state index in [1.165, 1.54) is 37.9 Å². The first-order chi connectivity index (χ1) is 8.43. The van der Waals surface area contributed by atoms with Gasteiger partial charge in [0.2, 0.25) is 5.89 Å². The minimum atomic E-state index is 0.307. The van der Waals surface area contributed by atoms with Crippen LogP contribution in [-0.2, 0) is 0 Å². The molecule has 2 fully saturated rings. The van der Waals surface area contributed by atoms with Crippen LogP contribution in [0.4, 0.5) is 0 Å². The number of aromatic nitrogens is 2. The predicted octanol–water partition coefficient (Wildman–Crippen LogP) is 2.84. The monoisotopic (exact) mass is 253 g/mol. The van der Waals surface area contributed by atoms with Crippen molar-refractivity contribution in [2.45, 2.75) is 49.8 Å². The summed E-state index contributed by atoms with van der Waals surface area (Å²) in [6.07, 6.45) is 7.43. The molecule has 0 aliphatic carbocycles. The molecule has 2 aliphatic heterocycles. The van der Waals surface area contributed by atoms with Crippen molar-refractivity contribution in [2.75, 3.05) is 12.3 Å². The summed E-state index contributed by atoms with van der Waals surface area (Å²) in [5.74, 6) is 2.94. The Morgan fingerprint density at radius 2 is 2.18 bits per heavy atom. The second kappa shape index (κ2) is 5.40. The van der Waals surface area contributed by atoms with Crippen LogP contribution < -0.4 is 5.32 Å². The summed E-state index contributed by atoms with van der Waals surface area (Å²) in [5.41, 5.74) is 0. The standard InChI is InChI=1S/C12H19N3OS/c1-2-5-9(13-7-3-1)11-14-12(16-15-11)10-6-4-8-17-10/h9-10,13H,1-8H2. The number of hydrogen-bond donors (Lipinski definition) is 1. The van der Waals surface area contributed by atoms with Gasteiger partial charge in [-0.15, -0.1) is 11.8 Å².